The second kappa shape index (κ2) is 7.04. The molecule has 1 atom stereocenters. The smallest absolute Gasteiger partial charge is 0.225 e. The molecular formula is C18H29N5. The van der Waals surface area contributed by atoms with Gasteiger partial charge in [-0.15, -0.1) is 0 Å². The van der Waals surface area contributed by atoms with Gasteiger partial charge in [0, 0.05) is 31.2 Å². The molecule has 2 aliphatic heterocycles. The van der Waals surface area contributed by atoms with Crippen LogP contribution in [0.15, 0.2) is 0 Å². The third-order valence-electron chi connectivity index (χ3n) is 5.45. The fourth-order valence-corrected chi connectivity index (χ4v) is 4.18. The van der Waals surface area contributed by atoms with Crippen molar-refractivity contribution in [3.8, 4) is 0 Å². The highest BCUT2D eigenvalue weighted by Crippen LogP contribution is 2.31. The molecule has 4 rings (SSSR count). The Balaban J connectivity index is 1.59. The Bertz CT molecular complexity index is 530. The van der Waals surface area contributed by atoms with Crippen molar-refractivity contribution < 1.29 is 0 Å². The van der Waals surface area contributed by atoms with E-state index in [1.54, 1.807) is 0 Å². The van der Waals surface area contributed by atoms with Crippen LogP contribution in [0.5, 0.6) is 0 Å². The van der Waals surface area contributed by atoms with E-state index in [0.29, 0.717) is 6.04 Å². The number of hydrogen-bond donors (Lipinski definition) is 2. The molecule has 1 aliphatic carbocycles. The zero-order valence-corrected chi connectivity index (χ0v) is 14.1. The third kappa shape index (κ3) is 3.44. The Hall–Kier alpha value is -1.36. The van der Waals surface area contributed by atoms with Crippen LogP contribution in [0, 0.1) is 0 Å². The lowest BCUT2D eigenvalue weighted by Gasteiger charge is -2.27. The van der Waals surface area contributed by atoms with Gasteiger partial charge in [0.1, 0.15) is 5.82 Å². The van der Waals surface area contributed by atoms with E-state index in [-0.39, 0.29) is 0 Å². The molecule has 0 aromatic carbocycles. The van der Waals surface area contributed by atoms with E-state index >= 15 is 0 Å². The first-order chi connectivity index (χ1) is 11.4. The Kier molecular flexibility index (Phi) is 4.64. The number of nitrogens with one attached hydrogen (secondary N) is 2. The molecule has 3 aliphatic rings. The molecule has 3 heterocycles. The topological polar surface area (TPSA) is 53.1 Å². The van der Waals surface area contributed by atoms with E-state index in [0.717, 1.165) is 45.0 Å². The first-order valence-electron chi connectivity index (χ1n) is 9.52. The van der Waals surface area contributed by atoms with E-state index in [9.17, 15) is 0 Å². The molecule has 0 saturated carbocycles. The lowest BCUT2D eigenvalue weighted by molar-refractivity contribution is 0.478. The molecule has 2 N–H and O–H groups in total. The first kappa shape index (κ1) is 15.2. The van der Waals surface area contributed by atoms with Gasteiger partial charge in [0.2, 0.25) is 5.95 Å². The average Bonchev–Trinajstić information content (AvgIpc) is 2.88. The number of piperidine rings is 1. The van der Waals surface area contributed by atoms with Gasteiger partial charge in [-0.1, -0.05) is 12.8 Å². The molecule has 0 bridgehead atoms. The maximum Gasteiger partial charge on any atom is 0.225 e. The van der Waals surface area contributed by atoms with Crippen molar-refractivity contribution >= 4 is 11.8 Å². The molecule has 0 radical (unpaired) electrons. The van der Waals surface area contributed by atoms with Crippen LogP contribution in [-0.4, -0.2) is 42.2 Å². The highest BCUT2D eigenvalue weighted by atomic mass is 15.2. The van der Waals surface area contributed by atoms with Crippen LogP contribution in [0.4, 0.5) is 11.8 Å². The molecule has 1 aromatic heterocycles. The summed E-state index contributed by atoms with van der Waals surface area (Å²) < 4.78 is 0. The molecule has 5 nitrogen and oxygen atoms in total. The minimum absolute atomic E-state index is 0.472. The van der Waals surface area contributed by atoms with Crippen LogP contribution >= 0.6 is 0 Å². The van der Waals surface area contributed by atoms with Crippen LogP contribution in [0.3, 0.4) is 0 Å². The zero-order chi connectivity index (χ0) is 15.5. The quantitative estimate of drug-likeness (QED) is 0.897. The van der Waals surface area contributed by atoms with Gasteiger partial charge in [-0.25, -0.2) is 4.98 Å². The van der Waals surface area contributed by atoms with Crippen LogP contribution in [0.1, 0.15) is 56.2 Å². The van der Waals surface area contributed by atoms with Gasteiger partial charge >= 0.3 is 0 Å². The highest BCUT2D eigenvalue weighted by molar-refractivity contribution is 5.54. The molecule has 0 unspecified atom stereocenters. The Morgan fingerprint density at radius 1 is 0.957 bits per heavy atom. The van der Waals surface area contributed by atoms with E-state index < -0.39 is 0 Å². The predicted octanol–water partition coefficient (Wildman–Crippen LogP) is 2.51. The van der Waals surface area contributed by atoms with Crippen molar-refractivity contribution in [2.45, 2.75) is 63.8 Å². The van der Waals surface area contributed by atoms with Gasteiger partial charge in [0.25, 0.3) is 0 Å². The van der Waals surface area contributed by atoms with Crippen LogP contribution in [0.2, 0.25) is 0 Å². The number of hydrogen-bond acceptors (Lipinski definition) is 5. The maximum absolute atomic E-state index is 4.98. The molecule has 1 aromatic rings. The van der Waals surface area contributed by atoms with Crippen molar-refractivity contribution in [3.05, 3.63) is 11.3 Å². The van der Waals surface area contributed by atoms with Gasteiger partial charge in [0.15, 0.2) is 0 Å². The van der Waals surface area contributed by atoms with E-state index in [4.69, 9.17) is 9.97 Å². The summed E-state index contributed by atoms with van der Waals surface area (Å²) >= 11 is 0. The van der Waals surface area contributed by atoms with Crippen LogP contribution < -0.4 is 15.5 Å². The molecule has 23 heavy (non-hydrogen) atoms. The van der Waals surface area contributed by atoms with Crippen LogP contribution in [0.25, 0.3) is 0 Å². The number of anilines is 2. The van der Waals surface area contributed by atoms with Gasteiger partial charge < -0.3 is 15.5 Å². The largest absolute Gasteiger partial charge is 0.356 e. The second-order valence-corrected chi connectivity index (χ2v) is 7.24. The summed E-state index contributed by atoms with van der Waals surface area (Å²) in [4.78, 5) is 12.4. The SMILES string of the molecule is C1CCCN(c2nc(N[C@@H]3CCCNC3)nc3c2CCC3)CC1. The van der Waals surface area contributed by atoms with Gasteiger partial charge in [-0.2, -0.15) is 4.98 Å². The minimum atomic E-state index is 0.472. The molecule has 0 amide bonds. The zero-order valence-electron chi connectivity index (χ0n) is 14.1. The minimum Gasteiger partial charge on any atom is -0.356 e. The lowest BCUT2D eigenvalue weighted by atomic mass is 10.1. The molecular weight excluding hydrogens is 286 g/mol. The average molecular weight is 315 g/mol. The van der Waals surface area contributed by atoms with E-state index in [1.165, 1.54) is 62.0 Å². The summed E-state index contributed by atoms with van der Waals surface area (Å²) in [6.07, 6.45) is 11.3. The number of nitrogens with zero attached hydrogens (tertiary/aromatic N) is 3. The van der Waals surface area contributed by atoms with Crippen molar-refractivity contribution in [1.29, 1.82) is 0 Å². The summed E-state index contributed by atoms with van der Waals surface area (Å²) in [5.74, 6) is 2.10. The maximum atomic E-state index is 4.98. The number of fused-ring (bicyclic) bond motifs is 1. The van der Waals surface area contributed by atoms with Crippen LogP contribution in [-0.2, 0) is 12.8 Å². The molecule has 0 spiro atoms. The highest BCUT2D eigenvalue weighted by Gasteiger charge is 2.24. The normalized spacial score (nSPS) is 25.0. The fraction of sp³-hybridized carbons (Fsp3) is 0.778. The summed E-state index contributed by atoms with van der Waals surface area (Å²) in [5.41, 5.74) is 2.73. The predicted molar refractivity (Wildman–Crippen MR) is 94.3 cm³/mol. The van der Waals surface area contributed by atoms with E-state index in [2.05, 4.69) is 15.5 Å². The Morgan fingerprint density at radius 2 is 1.83 bits per heavy atom. The summed E-state index contributed by atoms with van der Waals surface area (Å²) in [6, 6.07) is 0.472. The fourth-order valence-electron chi connectivity index (χ4n) is 4.18. The molecule has 2 saturated heterocycles. The third-order valence-corrected chi connectivity index (χ3v) is 5.45. The molecule has 126 valence electrons. The monoisotopic (exact) mass is 315 g/mol. The summed E-state index contributed by atoms with van der Waals surface area (Å²) in [7, 11) is 0. The number of aromatic nitrogens is 2. The van der Waals surface area contributed by atoms with Crippen molar-refractivity contribution in [1.82, 2.24) is 15.3 Å². The van der Waals surface area contributed by atoms with Crippen molar-refractivity contribution in [2.24, 2.45) is 0 Å². The van der Waals surface area contributed by atoms with Crippen molar-refractivity contribution in [3.63, 3.8) is 0 Å². The lowest BCUT2D eigenvalue weighted by Crippen LogP contribution is -2.39. The number of rotatable bonds is 3. The van der Waals surface area contributed by atoms with Gasteiger partial charge in [-0.05, 0) is 51.5 Å². The first-order valence-corrected chi connectivity index (χ1v) is 9.52. The summed E-state index contributed by atoms with van der Waals surface area (Å²) in [6.45, 7) is 4.49. The Morgan fingerprint density at radius 3 is 2.61 bits per heavy atom. The molecule has 5 heteroatoms. The van der Waals surface area contributed by atoms with Crippen molar-refractivity contribution in [2.75, 3.05) is 36.4 Å². The van der Waals surface area contributed by atoms with Gasteiger partial charge in [-0.3, -0.25) is 0 Å². The number of aryl methyl sites for hydroxylation is 1. The van der Waals surface area contributed by atoms with Gasteiger partial charge in [0.05, 0.1) is 5.69 Å². The van der Waals surface area contributed by atoms with E-state index in [1.807, 2.05) is 0 Å². The second-order valence-electron chi connectivity index (χ2n) is 7.24. The molecule has 2 fully saturated rings. The Labute approximate surface area is 139 Å². The summed E-state index contributed by atoms with van der Waals surface area (Å²) in [5, 5.41) is 7.06. The standard InChI is InChI=1S/C18H29N5/c1-2-4-12-23(11-3-1)17-15-8-5-9-16(15)21-18(22-17)20-14-7-6-10-19-13-14/h14,19H,1-13H2,(H,20,21,22)/t14-/m1/s1.